The second-order valence-electron chi connectivity index (χ2n) is 3.09. The fraction of sp³-hybridized carbons (Fsp3) is 0.182. The van der Waals surface area contributed by atoms with E-state index < -0.39 is 0 Å². The maximum Gasteiger partial charge on any atom is 0.240 e. The van der Waals surface area contributed by atoms with Crippen molar-refractivity contribution in [3.63, 3.8) is 0 Å². The summed E-state index contributed by atoms with van der Waals surface area (Å²) in [5.74, 6) is -0.299. The van der Waals surface area contributed by atoms with E-state index in [9.17, 15) is 4.79 Å². The summed E-state index contributed by atoms with van der Waals surface area (Å²) in [6.07, 6.45) is 0. The average Bonchev–Trinajstić information content (AvgIpc) is 2.34. The van der Waals surface area contributed by atoms with Crippen molar-refractivity contribution in [2.45, 2.75) is 0 Å². The van der Waals surface area contributed by atoms with Crippen molar-refractivity contribution >= 4 is 23.2 Å². The maximum atomic E-state index is 11.2. The van der Waals surface area contributed by atoms with Crippen molar-refractivity contribution in [3.05, 3.63) is 28.8 Å². The molecular formula is C11H9ClN4O. The van der Waals surface area contributed by atoms with Crippen LogP contribution >= 0.6 is 11.6 Å². The molecule has 6 heteroatoms. The smallest absolute Gasteiger partial charge is 0.240 e. The number of nitrogens with one attached hydrogen (secondary N) is 2. The van der Waals surface area contributed by atoms with E-state index in [0.29, 0.717) is 16.3 Å². The van der Waals surface area contributed by atoms with Crippen LogP contribution in [-0.4, -0.2) is 19.0 Å². The average molecular weight is 249 g/mol. The van der Waals surface area contributed by atoms with Gasteiger partial charge in [-0.25, -0.2) is 0 Å². The van der Waals surface area contributed by atoms with Crippen molar-refractivity contribution in [1.82, 2.24) is 5.32 Å². The number of nitrogens with zero attached hydrogens (tertiary/aromatic N) is 2. The minimum Gasteiger partial charge on any atom is -0.375 e. The lowest BCUT2D eigenvalue weighted by molar-refractivity contribution is -0.119. The Kier molecular flexibility index (Phi) is 4.80. The van der Waals surface area contributed by atoms with E-state index in [1.54, 1.807) is 18.2 Å². The first kappa shape index (κ1) is 12.8. The molecule has 0 fully saturated rings. The predicted molar refractivity (Wildman–Crippen MR) is 63.3 cm³/mol. The van der Waals surface area contributed by atoms with Gasteiger partial charge in [-0.2, -0.15) is 10.5 Å². The number of carbonyl (C=O) groups excluding carboxylic acids is 1. The van der Waals surface area contributed by atoms with Gasteiger partial charge in [-0.1, -0.05) is 11.6 Å². The summed E-state index contributed by atoms with van der Waals surface area (Å²) in [5, 5.41) is 22.5. The van der Waals surface area contributed by atoms with E-state index in [-0.39, 0.29) is 19.0 Å². The Morgan fingerprint density at radius 1 is 1.41 bits per heavy atom. The molecule has 17 heavy (non-hydrogen) atoms. The molecule has 0 spiro atoms. The molecule has 2 N–H and O–H groups in total. The maximum absolute atomic E-state index is 11.2. The van der Waals surface area contributed by atoms with Gasteiger partial charge in [0.05, 0.1) is 35.0 Å². The molecule has 0 aromatic heterocycles. The van der Waals surface area contributed by atoms with Gasteiger partial charge >= 0.3 is 0 Å². The number of hydrogen-bond donors (Lipinski definition) is 2. The third kappa shape index (κ3) is 4.02. The Hall–Kier alpha value is -2.24. The number of rotatable bonds is 4. The summed E-state index contributed by atoms with van der Waals surface area (Å²) in [4.78, 5) is 11.2. The molecule has 5 nitrogen and oxygen atoms in total. The molecule has 0 saturated heterocycles. The zero-order chi connectivity index (χ0) is 12.7. The molecule has 0 aliphatic heterocycles. The van der Waals surface area contributed by atoms with Crippen LogP contribution in [0.1, 0.15) is 5.56 Å². The van der Waals surface area contributed by atoms with E-state index in [2.05, 4.69) is 10.6 Å². The summed E-state index contributed by atoms with van der Waals surface area (Å²) < 4.78 is 0. The summed E-state index contributed by atoms with van der Waals surface area (Å²) in [6.45, 7) is -0.00504. The van der Waals surface area contributed by atoms with Crippen LogP contribution in [0.5, 0.6) is 0 Å². The summed E-state index contributed by atoms with van der Waals surface area (Å²) in [5.41, 5.74) is 1.02. The molecule has 1 rings (SSSR count). The van der Waals surface area contributed by atoms with Gasteiger partial charge in [0.15, 0.2) is 0 Å². The molecular weight excluding hydrogens is 240 g/mol. The minimum absolute atomic E-state index is 0.0211. The SMILES string of the molecule is N#CCNC(=O)CNc1ccc(C#N)cc1Cl. The van der Waals surface area contributed by atoms with Crippen LogP contribution in [0.25, 0.3) is 0 Å². The van der Waals surface area contributed by atoms with Gasteiger partial charge in [0.1, 0.15) is 6.54 Å². The number of hydrogen-bond acceptors (Lipinski definition) is 4. The van der Waals surface area contributed by atoms with E-state index in [0.717, 1.165) is 0 Å². The highest BCUT2D eigenvalue weighted by Gasteiger charge is 2.04. The molecule has 1 aromatic carbocycles. The number of benzene rings is 1. The summed E-state index contributed by atoms with van der Waals surface area (Å²) >= 11 is 5.90. The molecule has 1 amide bonds. The molecule has 0 aliphatic carbocycles. The lowest BCUT2D eigenvalue weighted by atomic mass is 10.2. The Labute approximate surface area is 104 Å². The van der Waals surface area contributed by atoms with E-state index >= 15 is 0 Å². The van der Waals surface area contributed by atoms with Gasteiger partial charge in [0.25, 0.3) is 0 Å². The highest BCUT2D eigenvalue weighted by atomic mass is 35.5. The topological polar surface area (TPSA) is 88.7 Å². The van der Waals surface area contributed by atoms with Crippen molar-refractivity contribution in [1.29, 1.82) is 10.5 Å². The lowest BCUT2D eigenvalue weighted by Gasteiger charge is -2.07. The zero-order valence-electron chi connectivity index (χ0n) is 8.83. The number of nitriles is 2. The van der Waals surface area contributed by atoms with Crippen LogP contribution < -0.4 is 10.6 Å². The molecule has 0 unspecified atom stereocenters. The standard InChI is InChI=1S/C11H9ClN4O/c12-9-5-8(6-14)1-2-10(9)16-7-11(17)15-4-3-13/h1-2,5,16H,4,7H2,(H,15,17). The van der Waals surface area contributed by atoms with Gasteiger partial charge in [-0.3, -0.25) is 4.79 Å². The molecule has 0 bridgehead atoms. The molecule has 0 atom stereocenters. The normalized spacial score (nSPS) is 8.88. The fourth-order valence-corrected chi connectivity index (χ4v) is 1.35. The van der Waals surface area contributed by atoms with Crippen LogP contribution in [0.4, 0.5) is 5.69 Å². The molecule has 0 radical (unpaired) electrons. The van der Waals surface area contributed by atoms with Gasteiger partial charge in [-0.15, -0.1) is 0 Å². The molecule has 86 valence electrons. The first-order valence-electron chi connectivity index (χ1n) is 4.74. The number of amides is 1. The minimum atomic E-state index is -0.299. The Balaban J connectivity index is 2.56. The van der Waals surface area contributed by atoms with Crippen LogP contribution in [0.3, 0.4) is 0 Å². The van der Waals surface area contributed by atoms with Crippen LogP contribution in [0, 0.1) is 22.7 Å². The van der Waals surface area contributed by atoms with Gasteiger partial charge in [-0.05, 0) is 18.2 Å². The van der Waals surface area contributed by atoms with E-state index in [1.807, 2.05) is 6.07 Å². The predicted octanol–water partition coefficient (Wildman–Crippen LogP) is 1.26. The second kappa shape index (κ2) is 6.37. The Morgan fingerprint density at radius 2 is 2.18 bits per heavy atom. The number of halogens is 1. The monoisotopic (exact) mass is 248 g/mol. The van der Waals surface area contributed by atoms with Crippen molar-refractivity contribution in [2.24, 2.45) is 0 Å². The van der Waals surface area contributed by atoms with Crippen molar-refractivity contribution < 1.29 is 4.79 Å². The number of carbonyl (C=O) groups is 1. The van der Waals surface area contributed by atoms with Crippen LogP contribution in [0.15, 0.2) is 18.2 Å². The van der Waals surface area contributed by atoms with Crippen molar-refractivity contribution in [2.75, 3.05) is 18.4 Å². The quantitative estimate of drug-likeness (QED) is 0.785. The number of anilines is 1. The van der Waals surface area contributed by atoms with Crippen molar-refractivity contribution in [3.8, 4) is 12.1 Å². The highest BCUT2D eigenvalue weighted by molar-refractivity contribution is 6.33. The molecule has 0 heterocycles. The fourth-order valence-electron chi connectivity index (χ4n) is 1.10. The molecule has 0 aliphatic rings. The lowest BCUT2D eigenvalue weighted by Crippen LogP contribution is -2.30. The second-order valence-corrected chi connectivity index (χ2v) is 3.50. The molecule has 0 saturated carbocycles. The first-order chi connectivity index (χ1) is 8.17. The Morgan fingerprint density at radius 3 is 2.76 bits per heavy atom. The molecule has 1 aromatic rings. The van der Waals surface area contributed by atoms with Crippen LogP contribution in [0.2, 0.25) is 5.02 Å². The highest BCUT2D eigenvalue weighted by Crippen LogP contribution is 2.22. The van der Waals surface area contributed by atoms with Gasteiger partial charge in [0.2, 0.25) is 5.91 Å². The van der Waals surface area contributed by atoms with Gasteiger partial charge < -0.3 is 10.6 Å². The van der Waals surface area contributed by atoms with E-state index in [1.165, 1.54) is 6.07 Å². The van der Waals surface area contributed by atoms with E-state index in [4.69, 9.17) is 22.1 Å². The summed E-state index contributed by atoms with van der Waals surface area (Å²) in [6, 6.07) is 8.49. The summed E-state index contributed by atoms with van der Waals surface area (Å²) in [7, 11) is 0. The third-order valence-electron chi connectivity index (χ3n) is 1.90. The first-order valence-corrected chi connectivity index (χ1v) is 5.12. The van der Waals surface area contributed by atoms with Crippen LogP contribution in [-0.2, 0) is 4.79 Å². The third-order valence-corrected chi connectivity index (χ3v) is 2.21. The largest absolute Gasteiger partial charge is 0.375 e. The zero-order valence-corrected chi connectivity index (χ0v) is 9.58. The Bertz CT molecular complexity index is 501. The van der Waals surface area contributed by atoms with Gasteiger partial charge in [0, 0.05) is 0 Å².